The molecule has 0 amide bonds. The van der Waals surface area contributed by atoms with Crippen LogP contribution in [0, 0.1) is 20.2 Å². The molecule has 2 N–H and O–H groups in total. The Morgan fingerprint density at radius 1 is 0.840 bits per heavy atom. The van der Waals surface area contributed by atoms with E-state index in [-0.39, 0.29) is 11.5 Å². The first kappa shape index (κ1) is 21.2. The Morgan fingerprint density at radius 3 is 1.52 bits per heavy atom. The summed E-state index contributed by atoms with van der Waals surface area (Å²) in [6.07, 6.45) is 2.95. The van der Waals surface area contributed by atoms with Gasteiger partial charge in [0.1, 0.15) is 17.8 Å². The number of aromatic hydroxyl groups is 2. The molecule has 0 radical (unpaired) electrons. The molecule has 0 aromatic heterocycles. The van der Waals surface area contributed by atoms with Crippen LogP contribution in [0.1, 0.15) is 15.9 Å². The van der Waals surface area contributed by atoms with Gasteiger partial charge in [-0.2, -0.15) is 0 Å². The average Bonchev–Trinajstić information content (AvgIpc) is 2.55. The maximum Gasteiger partial charge on any atom is 0.235 e. The maximum absolute atomic E-state index is 10.0. The standard InChI is InChI=1S/C8H7NO3.C7H6O2.CH3NO2/c10-8-3-1-7(2-4-8)5-6-9(11)12;8-5-6-1-3-7(9)4-2-6;1-2(3)4/h1-6,10H;1-5,9H;1H3/b6-5+;;. The van der Waals surface area contributed by atoms with Crippen molar-refractivity contribution in [2.75, 3.05) is 7.05 Å². The number of phenolic OH excluding ortho intramolecular Hbond substituents is 2. The Morgan fingerprint density at radius 2 is 1.20 bits per heavy atom. The van der Waals surface area contributed by atoms with Crippen molar-refractivity contribution in [3.05, 3.63) is 86.1 Å². The van der Waals surface area contributed by atoms with Crippen molar-refractivity contribution in [3.8, 4) is 11.5 Å². The summed E-state index contributed by atoms with van der Waals surface area (Å²) in [5.41, 5.74) is 1.26. The molecule has 25 heavy (non-hydrogen) atoms. The van der Waals surface area contributed by atoms with Crippen LogP contribution in [0.3, 0.4) is 0 Å². The van der Waals surface area contributed by atoms with Crippen molar-refractivity contribution in [1.29, 1.82) is 0 Å². The fourth-order valence-corrected chi connectivity index (χ4v) is 1.29. The van der Waals surface area contributed by atoms with Crippen molar-refractivity contribution in [3.63, 3.8) is 0 Å². The number of hydrogen-bond acceptors (Lipinski definition) is 7. The Hall–Kier alpha value is -3.75. The van der Waals surface area contributed by atoms with Crippen molar-refractivity contribution >= 4 is 12.4 Å². The minimum Gasteiger partial charge on any atom is -0.508 e. The summed E-state index contributed by atoms with van der Waals surface area (Å²) in [5, 5.41) is 36.3. The molecule has 0 heterocycles. The van der Waals surface area contributed by atoms with Gasteiger partial charge in [0, 0.05) is 16.6 Å². The molecule has 9 heteroatoms. The van der Waals surface area contributed by atoms with Crippen molar-refractivity contribution in [2.45, 2.75) is 0 Å². The Bertz CT molecular complexity index is 706. The summed E-state index contributed by atoms with van der Waals surface area (Å²) in [4.78, 5) is 27.7. The van der Waals surface area contributed by atoms with Gasteiger partial charge in [-0.1, -0.05) is 12.1 Å². The number of nitrogens with zero attached hydrogens (tertiary/aromatic N) is 2. The average molecular weight is 348 g/mol. The maximum atomic E-state index is 10.0. The predicted molar refractivity (Wildman–Crippen MR) is 90.5 cm³/mol. The number of nitro groups is 2. The lowest BCUT2D eigenvalue weighted by molar-refractivity contribution is -0.445. The van der Waals surface area contributed by atoms with Crippen LogP contribution >= 0.6 is 0 Å². The molecule has 0 aliphatic rings. The van der Waals surface area contributed by atoms with E-state index < -0.39 is 9.85 Å². The lowest BCUT2D eigenvalue weighted by atomic mass is 10.2. The molecule has 0 spiro atoms. The summed E-state index contributed by atoms with van der Waals surface area (Å²) >= 11 is 0. The summed E-state index contributed by atoms with van der Waals surface area (Å²) in [6, 6.07) is 12.2. The second-order valence-corrected chi connectivity index (χ2v) is 4.34. The third kappa shape index (κ3) is 12.5. The van der Waals surface area contributed by atoms with E-state index in [0.29, 0.717) is 11.1 Å². The van der Waals surface area contributed by atoms with Gasteiger partial charge in [0.15, 0.2) is 7.05 Å². The van der Waals surface area contributed by atoms with Crippen molar-refractivity contribution < 1.29 is 24.9 Å². The highest BCUT2D eigenvalue weighted by Crippen LogP contribution is 2.10. The zero-order valence-electron chi connectivity index (χ0n) is 13.2. The quantitative estimate of drug-likeness (QED) is 0.493. The van der Waals surface area contributed by atoms with E-state index in [2.05, 4.69) is 0 Å². The summed E-state index contributed by atoms with van der Waals surface area (Å²) in [6.45, 7) is 0. The lowest BCUT2D eigenvalue weighted by Crippen LogP contribution is -1.81. The second kappa shape index (κ2) is 11.8. The van der Waals surface area contributed by atoms with Gasteiger partial charge >= 0.3 is 0 Å². The summed E-state index contributed by atoms with van der Waals surface area (Å²) in [7, 11) is 0.889. The molecule has 9 nitrogen and oxygen atoms in total. The van der Waals surface area contributed by atoms with Gasteiger partial charge in [0.2, 0.25) is 6.20 Å². The molecule has 132 valence electrons. The van der Waals surface area contributed by atoms with E-state index >= 15 is 0 Å². The molecule has 0 aliphatic carbocycles. The Kier molecular flexibility index (Phi) is 10.0. The smallest absolute Gasteiger partial charge is 0.235 e. The first-order valence-corrected chi connectivity index (χ1v) is 6.67. The zero-order valence-corrected chi connectivity index (χ0v) is 13.2. The molecule has 2 aromatic carbocycles. The molecular weight excluding hydrogens is 332 g/mol. The van der Waals surface area contributed by atoms with Crippen LogP contribution in [0.2, 0.25) is 0 Å². The number of aldehydes is 1. The lowest BCUT2D eigenvalue weighted by Gasteiger charge is -1.91. The van der Waals surface area contributed by atoms with E-state index in [1.807, 2.05) is 0 Å². The molecule has 0 atom stereocenters. The minimum absolute atomic E-state index is 0.147. The Labute approximate surface area is 142 Å². The Balaban J connectivity index is 0.000000391. The van der Waals surface area contributed by atoms with E-state index in [4.69, 9.17) is 20.3 Å². The van der Waals surface area contributed by atoms with E-state index in [0.717, 1.165) is 19.5 Å². The number of hydrogen-bond donors (Lipinski definition) is 2. The number of carbonyl (C=O) groups excluding carboxylic acids is 1. The fraction of sp³-hybridized carbons (Fsp3) is 0.0625. The van der Waals surface area contributed by atoms with Crippen molar-refractivity contribution in [2.24, 2.45) is 0 Å². The predicted octanol–water partition coefficient (Wildman–Crippen LogP) is 2.74. The molecule has 0 fully saturated rings. The molecule has 0 saturated carbocycles. The number of rotatable bonds is 3. The van der Waals surface area contributed by atoms with Gasteiger partial charge in [-0.3, -0.25) is 25.0 Å². The highest BCUT2D eigenvalue weighted by molar-refractivity contribution is 5.74. The molecule has 0 bridgehead atoms. The SMILES string of the molecule is C[N+](=O)[O-].O=Cc1ccc(O)cc1.O=[N+]([O-])/C=C/c1ccc(O)cc1. The van der Waals surface area contributed by atoms with Crippen LogP contribution in [-0.2, 0) is 0 Å². The zero-order chi connectivity index (χ0) is 19.2. The van der Waals surface area contributed by atoms with E-state index in [1.165, 1.54) is 30.3 Å². The molecule has 0 saturated heterocycles. The molecule has 0 aliphatic heterocycles. The normalized spacial score (nSPS) is 9.16. The summed E-state index contributed by atoms with van der Waals surface area (Å²) < 4.78 is 0. The largest absolute Gasteiger partial charge is 0.508 e. The van der Waals surface area contributed by atoms with Crippen LogP contribution in [0.5, 0.6) is 11.5 Å². The van der Waals surface area contributed by atoms with E-state index in [1.54, 1.807) is 24.3 Å². The van der Waals surface area contributed by atoms with Gasteiger partial charge in [-0.15, -0.1) is 0 Å². The van der Waals surface area contributed by atoms with E-state index in [9.17, 15) is 14.9 Å². The molecule has 2 aromatic rings. The van der Waals surface area contributed by atoms with Gasteiger partial charge in [-0.05, 0) is 42.0 Å². The van der Waals surface area contributed by atoms with Crippen LogP contribution in [0.4, 0.5) is 0 Å². The topological polar surface area (TPSA) is 144 Å². The van der Waals surface area contributed by atoms with Gasteiger partial charge in [-0.25, -0.2) is 0 Å². The highest BCUT2D eigenvalue weighted by Gasteiger charge is 1.90. The fourth-order valence-electron chi connectivity index (χ4n) is 1.29. The third-order valence-electron chi connectivity index (χ3n) is 2.31. The monoisotopic (exact) mass is 348 g/mol. The molecule has 0 unspecified atom stereocenters. The number of benzene rings is 2. The van der Waals surface area contributed by atoms with Crippen LogP contribution in [0.25, 0.3) is 6.08 Å². The minimum atomic E-state index is -0.535. The van der Waals surface area contributed by atoms with Crippen LogP contribution < -0.4 is 0 Å². The first-order valence-electron chi connectivity index (χ1n) is 6.67. The third-order valence-corrected chi connectivity index (χ3v) is 2.31. The van der Waals surface area contributed by atoms with Crippen molar-refractivity contribution in [1.82, 2.24) is 0 Å². The first-order chi connectivity index (χ1) is 11.7. The van der Waals surface area contributed by atoms with Crippen LogP contribution in [-0.4, -0.2) is 33.4 Å². The van der Waals surface area contributed by atoms with Gasteiger partial charge in [0.25, 0.3) is 0 Å². The van der Waals surface area contributed by atoms with Gasteiger partial charge in [0.05, 0.1) is 4.92 Å². The van der Waals surface area contributed by atoms with Gasteiger partial charge < -0.3 is 10.2 Å². The summed E-state index contributed by atoms with van der Waals surface area (Å²) in [5.74, 6) is 0.328. The van der Waals surface area contributed by atoms with Crippen LogP contribution in [0.15, 0.2) is 54.7 Å². The molecular formula is C16H16N2O7. The number of phenols is 2. The highest BCUT2D eigenvalue weighted by atomic mass is 16.6. The molecule has 2 rings (SSSR count). The second-order valence-electron chi connectivity index (χ2n) is 4.34. The number of carbonyl (C=O) groups is 1.